The molecule has 1 aliphatic carbocycles. The van der Waals surface area contributed by atoms with Gasteiger partial charge < -0.3 is 5.32 Å². The van der Waals surface area contributed by atoms with Crippen molar-refractivity contribution in [3.8, 4) is 0 Å². The lowest BCUT2D eigenvalue weighted by Gasteiger charge is -2.40. The molecule has 2 aliphatic rings. The Hall–Kier alpha value is -0.0800. The molecule has 1 saturated carbocycles. The molecule has 1 aliphatic heterocycles. The quantitative estimate of drug-likeness (QED) is 0.687. The number of piperazine rings is 1. The first kappa shape index (κ1) is 10.4. The van der Waals surface area contributed by atoms with Gasteiger partial charge in [0.2, 0.25) is 0 Å². The summed E-state index contributed by atoms with van der Waals surface area (Å²) in [6, 6.07) is 1.60. The smallest absolute Gasteiger partial charge is 0.0195 e. The molecular weight excluding hydrogens is 172 g/mol. The van der Waals surface area contributed by atoms with Gasteiger partial charge in [0.05, 0.1) is 0 Å². The van der Waals surface area contributed by atoms with Crippen LogP contribution in [-0.2, 0) is 0 Å². The van der Waals surface area contributed by atoms with Gasteiger partial charge in [-0.25, -0.2) is 0 Å². The van der Waals surface area contributed by atoms with Crippen LogP contribution in [0.1, 0.15) is 33.6 Å². The van der Waals surface area contributed by atoms with Crippen LogP contribution in [0.15, 0.2) is 0 Å². The van der Waals surface area contributed by atoms with Gasteiger partial charge in [0.25, 0.3) is 0 Å². The summed E-state index contributed by atoms with van der Waals surface area (Å²) in [6.07, 6.45) is 2.86. The van der Waals surface area contributed by atoms with Crippen molar-refractivity contribution in [1.29, 1.82) is 0 Å². The van der Waals surface area contributed by atoms with E-state index >= 15 is 0 Å². The number of rotatable bonds is 1. The molecule has 82 valence electrons. The van der Waals surface area contributed by atoms with Crippen molar-refractivity contribution in [2.45, 2.75) is 45.7 Å². The van der Waals surface area contributed by atoms with Gasteiger partial charge in [-0.1, -0.05) is 13.8 Å². The van der Waals surface area contributed by atoms with E-state index < -0.39 is 0 Å². The topological polar surface area (TPSA) is 15.3 Å². The van der Waals surface area contributed by atoms with Gasteiger partial charge in [-0.15, -0.1) is 0 Å². The van der Waals surface area contributed by atoms with Crippen LogP contribution in [0, 0.1) is 11.8 Å². The summed E-state index contributed by atoms with van der Waals surface area (Å²) < 4.78 is 0. The zero-order chi connectivity index (χ0) is 10.1. The Labute approximate surface area is 88.1 Å². The molecule has 1 heterocycles. The van der Waals surface area contributed by atoms with Gasteiger partial charge in [0.15, 0.2) is 0 Å². The molecule has 0 radical (unpaired) electrons. The third-order valence-corrected chi connectivity index (χ3v) is 4.40. The third-order valence-electron chi connectivity index (χ3n) is 4.40. The van der Waals surface area contributed by atoms with Crippen LogP contribution in [0.4, 0.5) is 0 Å². The zero-order valence-corrected chi connectivity index (χ0v) is 9.79. The van der Waals surface area contributed by atoms with Gasteiger partial charge >= 0.3 is 0 Å². The maximum absolute atomic E-state index is 3.47. The number of hydrogen-bond donors (Lipinski definition) is 1. The molecule has 2 nitrogen and oxygen atoms in total. The van der Waals surface area contributed by atoms with E-state index in [1.165, 1.54) is 32.5 Å². The molecule has 2 fully saturated rings. The lowest BCUT2D eigenvalue weighted by atomic mass is 9.95. The van der Waals surface area contributed by atoms with Crippen molar-refractivity contribution in [2.24, 2.45) is 11.8 Å². The van der Waals surface area contributed by atoms with E-state index in [2.05, 4.69) is 31.0 Å². The minimum atomic E-state index is 0.737. The lowest BCUT2D eigenvalue weighted by molar-refractivity contribution is 0.0909. The minimum Gasteiger partial charge on any atom is -0.314 e. The average molecular weight is 196 g/mol. The van der Waals surface area contributed by atoms with Crippen LogP contribution in [0.2, 0.25) is 0 Å². The Morgan fingerprint density at radius 2 is 1.93 bits per heavy atom. The highest BCUT2D eigenvalue weighted by atomic mass is 15.2. The SMILES string of the molecule is CC1CCC(N2CCNCC2C)C1C. The Bertz CT molecular complexity index is 191. The first-order chi connectivity index (χ1) is 6.70. The fourth-order valence-corrected chi connectivity index (χ4v) is 3.16. The molecular formula is C12H24N2. The highest BCUT2D eigenvalue weighted by molar-refractivity contribution is 4.91. The lowest BCUT2D eigenvalue weighted by Crippen LogP contribution is -2.54. The van der Waals surface area contributed by atoms with Crippen LogP contribution in [-0.4, -0.2) is 36.6 Å². The number of nitrogens with one attached hydrogen (secondary N) is 1. The van der Waals surface area contributed by atoms with Gasteiger partial charge in [-0.2, -0.15) is 0 Å². The highest BCUT2D eigenvalue weighted by Crippen LogP contribution is 2.35. The second kappa shape index (κ2) is 4.19. The molecule has 2 heteroatoms. The van der Waals surface area contributed by atoms with Crippen LogP contribution in [0.25, 0.3) is 0 Å². The molecule has 1 saturated heterocycles. The molecule has 1 N–H and O–H groups in total. The predicted octanol–water partition coefficient (Wildman–Crippen LogP) is 1.71. The summed E-state index contributed by atoms with van der Waals surface area (Å²) >= 11 is 0. The first-order valence-corrected chi connectivity index (χ1v) is 6.16. The first-order valence-electron chi connectivity index (χ1n) is 6.16. The number of nitrogens with zero attached hydrogens (tertiary/aromatic N) is 1. The Morgan fingerprint density at radius 1 is 1.14 bits per heavy atom. The standard InChI is InChI=1S/C12H24N2/c1-9-4-5-12(11(9)3)14-7-6-13-8-10(14)2/h9-13H,4-8H2,1-3H3. The molecule has 4 atom stereocenters. The molecule has 0 aromatic rings. The predicted molar refractivity (Wildman–Crippen MR) is 60.4 cm³/mol. The summed E-state index contributed by atoms with van der Waals surface area (Å²) in [7, 11) is 0. The van der Waals surface area contributed by atoms with Crippen LogP contribution >= 0.6 is 0 Å². The van der Waals surface area contributed by atoms with Gasteiger partial charge in [0.1, 0.15) is 0 Å². The second-order valence-corrected chi connectivity index (χ2v) is 5.27. The monoisotopic (exact) mass is 196 g/mol. The molecule has 4 unspecified atom stereocenters. The van der Waals surface area contributed by atoms with Crippen molar-refractivity contribution in [3.63, 3.8) is 0 Å². The highest BCUT2D eigenvalue weighted by Gasteiger charge is 2.36. The molecule has 0 aromatic heterocycles. The van der Waals surface area contributed by atoms with E-state index in [1.807, 2.05) is 0 Å². The molecule has 0 aromatic carbocycles. The summed E-state index contributed by atoms with van der Waals surface area (Å²) in [6.45, 7) is 10.8. The summed E-state index contributed by atoms with van der Waals surface area (Å²) in [5, 5.41) is 3.47. The molecule has 0 bridgehead atoms. The van der Waals surface area contributed by atoms with Crippen molar-refractivity contribution < 1.29 is 0 Å². The van der Waals surface area contributed by atoms with Crippen LogP contribution in [0.5, 0.6) is 0 Å². The maximum atomic E-state index is 3.47. The molecule has 14 heavy (non-hydrogen) atoms. The van der Waals surface area contributed by atoms with Crippen molar-refractivity contribution in [2.75, 3.05) is 19.6 Å². The second-order valence-electron chi connectivity index (χ2n) is 5.27. The van der Waals surface area contributed by atoms with E-state index in [0.29, 0.717) is 0 Å². The van der Waals surface area contributed by atoms with Crippen molar-refractivity contribution in [1.82, 2.24) is 10.2 Å². The van der Waals surface area contributed by atoms with Gasteiger partial charge in [0, 0.05) is 31.7 Å². The average Bonchev–Trinajstić information content (AvgIpc) is 2.49. The van der Waals surface area contributed by atoms with E-state index in [-0.39, 0.29) is 0 Å². The summed E-state index contributed by atoms with van der Waals surface area (Å²) in [5.74, 6) is 1.83. The van der Waals surface area contributed by atoms with E-state index in [1.54, 1.807) is 0 Å². The number of hydrogen-bond acceptors (Lipinski definition) is 2. The van der Waals surface area contributed by atoms with Crippen LogP contribution < -0.4 is 5.32 Å². The largest absolute Gasteiger partial charge is 0.314 e. The Morgan fingerprint density at radius 3 is 2.50 bits per heavy atom. The minimum absolute atomic E-state index is 0.737. The van der Waals surface area contributed by atoms with Crippen molar-refractivity contribution in [3.05, 3.63) is 0 Å². The third kappa shape index (κ3) is 1.82. The maximum Gasteiger partial charge on any atom is 0.0195 e. The fourth-order valence-electron chi connectivity index (χ4n) is 3.16. The van der Waals surface area contributed by atoms with Gasteiger partial charge in [-0.3, -0.25) is 4.90 Å². The van der Waals surface area contributed by atoms with Crippen LogP contribution in [0.3, 0.4) is 0 Å². The zero-order valence-electron chi connectivity index (χ0n) is 9.79. The summed E-state index contributed by atoms with van der Waals surface area (Å²) in [5.41, 5.74) is 0. The Kier molecular flexibility index (Phi) is 3.13. The van der Waals surface area contributed by atoms with E-state index in [4.69, 9.17) is 0 Å². The normalized spacial score (nSPS) is 45.6. The fraction of sp³-hybridized carbons (Fsp3) is 1.00. The molecule has 2 rings (SSSR count). The van der Waals surface area contributed by atoms with E-state index in [0.717, 1.165) is 23.9 Å². The van der Waals surface area contributed by atoms with Crippen molar-refractivity contribution >= 4 is 0 Å². The Balaban J connectivity index is 1.99. The summed E-state index contributed by atoms with van der Waals surface area (Å²) in [4.78, 5) is 2.74. The van der Waals surface area contributed by atoms with E-state index in [9.17, 15) is 0 Å². The van der Waals surface area contributed by atoms with Gasteiger partial charge in [-0.05, 0) is 31.6 Å². The molecule has 0 spiro atoms. The molecule has 0 amide bonds.